The quantitative estimate of drug-likeness (QED) is 0.833. The summed E-state index contributed by atoms with van der Waals surface area (Å²) in [5.41, 5.74) is 0.0721. The van der Waals surface area contributed by atoms with Crippen molar-refractivity contribution in [3.05, 3.63) is 22.8 Å². The second-order valence-electron chi connectivity index (χ2n) is 3.69. The molecule has 0 saturated heterocycles. The molecule has 88 valence electrons. The van der Waals surface area contributed by atoms with Crippen LogP contribution < -0.4 is 5.32 Å². The van der Waals surface area contributed by atoms with E-state index < -0.39 is 5.97 Å². The molecule has 0 amide bonds. The Morgan fingerprint density at radius 2 is 2.38 bits per heavy atom. The van der Waals surface area contributed by atoms with Crippen LogP contribution in [0.4, 0.5) is 5.82 Å². The Morgan fingerprint density at radius 3 is 2.94 bits per heavy atom. The lowest BCUT2D eigenvalue weighted by Crippen LogP contribution is -2.16. The number of carboxylic acids is 1. The van der Waals surface area contributed by atoms with Gasteiger partial charge in [0.15, 0.2) is 0 Å². The van der Waals surface area contributed by atoms with Crippen molar-refractivity contribution in [3.8, 4) is 0 Å². The van der Waals surface area contributed by atoms with Gasteiger partial charge in [-0.2, -0.15) is 0 Å². The summed E-state index contributed by atoms with van der Waals surface area (Å²) in [5.74, 6) is -0.499. The summed E-state index contributed by atoms with van der Waals surface area (Å²) >= 11 is 5.72. The first-order valence-corrected chi connectivity index (χ1v) is 5.57. The predicted molar refractivity (Wildman–Crippen MR) is 64.2 cm³/mol. The minimum Gasteiger partial charge on any atom is -0.478 e. The van der Waals surface area contributed by atoms with E-state index in [4.69, 9.17) is 16.7 Å². The van der Waals surface area contributed by atoms with E-state index in [-0.39, 0.29) is 16.6 Å². The van der Waals surface area contributed by atoms with Gasteiger partial charge in [-0.25, -0.2) is 9.78 Å². The van der Waals surface area contributed by atoms with Gasteiger partial charge >= 0.3 is 5.97 Å². The molecule has 16 heavy (non-hydrogen) atoms. The van der Waals surface area contributed by atoms with Gasteiger partial charge in [-0.05, 0) is 19.4 Å². The highest BCUT2D eigenvalue weighted by atomic mass is 35.5. The summed E-state index contributed by atoms with van der Waals surface area (Å²) in [5, 5.41) is 12.2. The van der Waals surface area contributed by atoms with Crippen LogP contribution in [0.15, 0.2) is 12.3 Å². The zero-order chi connectivity index (χ0) is 12.1. The summed E-state index contributed by atoms with van der Waals surface area (Å²) in [7, 11) is 0. The number of nitrogens with one attached hydrogen (secondary N) is 1. The minimum atomic E-state index is -1.04. The van der Waals surface area contributed by atoms with Gasteiger partial charge in [0.05, 0.1) is 10.6 Å². The van der Waals surface area contributed by atoms with E-state index in [1.54, 1.807) is 0 Å². The predicted octanol–water partition coefficient (Wildman–Crippen LogP) is 3.03. The van der Waals surface area contributed by atoms with E-state index >= 15 is 0 Å². The van der Waals surface area contributed by atoms with Crippen LogP contribution in [0.1, 0.15) is 37.0 Å². The minimum absolute atomic E-state index is 0.0721. The Labute approximate surface area is 99.6 Å². The largest absolute Gasteiger partial charge is 0.478 e. The van der Waals surface area contributed by atoms with Gasteiger partial charge in [0, 0.05) is 12.2 Å². The fraction of sp³-hybridized carbons (Fsp3) is 0.455. The lowest BCUT2D eigenvalue weighted by atomic mass is 10.2. The second-order valence-corrected chi connectivity index (χ2v) is 4.10. The third kappa shape index (κ3) is 3.38. The standard InChI is InChI=1S/C11H15ClN2O2/c1-3-4-7(2)14-10-5-8(11(15)16)9(12)6-13-10/h5-7H,3-4H2,1-2H3,(H,13,14)(H,15,16). The molecule has 0 fully saturated rings. The van der Waals surface area contributed by atoms with Crippen molar-refractivity contribution in [1.29, 1.82) is 0 Å². The van der Waals surface area contributed by atoms with Crippen molar-refractivity contribution in [2.24, 2.45) is 0 Å². The highest BCUT2D eigenvalue weighted by Gasteiger charge is 2.11. The van der Waals surface area contributed by atoms with E-state index in [1.165, 1.54) is 12.3 Å². The van der Waals surface area contributed by atoms with Gasteiger partial charge in [0.25, 0.3) is 0 Å². The molecule has 1 atom stereocenters. The lowest BCUT2D eigenvalue weighted by Gasteiger charge is -2.13. The number of pyridine rings is 1. The highest BCUT2D eigenvalue weighted by Crippen LogP contribution is 2.18. The van der Waals surface area contributed by atoms with Gasteiger partial charge in [-0.15, -0.1) is 0 Å². The van der Waals surface area contributed by atoms with Gasteiger partial charge < -0.3 is 10.4 Å². The van der Waals surface area contributed by atoms with Crippen molar-refractivity contribution in [3.63, 3.8) is 0 Å². The summed E-state index contributed by atoms with van der Waals surface area (Å²) in [6.45, 7) is 4.12. The Morgan fingerprint density at radius 1 is 1.69 bits per heavy atom. The van der Waals surface area contributed by atoms with Gasteiger partial charge in [0.2, 0.25) is 0 Å². The average molecular weight is 243 g/mol. The van der Waals surface area contributed by atoms with Crippen molar-refractivity contribution >= 4 is 23.4 Å². The summed E-state index contributed by atoms with van der Waals surface area (Å²) in [4.78, 5) is 14.9. The van der Waals surface area contributed by atoms with Crippen LogP contribution in [-0.4, -0.2) is 22.1 Å². The molecular formula is C11H15ClN2O2. The number of hydrogen-bond acceptors (Lipinski definition) is 3. The molecule has 2 N–H and O–H groups in total. The number of carboxylic acid groups (broad SMARTS) is 1. The SMILES string of the molecule is CCCC(C)Nc1cc(C(=O)O)c(Cl)cn1. The molecule has 1 rings (SSSR count). The van der Waals surface area contributed by atoms with Crippen LogP contribution in [0.2, 0.25) is 5.02 Å². The van der Waals surface area contributed by atoms with Crippen LogP contribution in [0.5, 0.6) is 0 Å². The molecule has 5 heteroatoms. The molecule has 0 radical (unpaired) electrons. The molecule has 0 spiro atoms. The Bertz CT molecular complexity index is 382. The third-order valence-electron chi connectivity index (χ3n) is 2.20. The number of nitrogens with zero attached hydrogens (tertiary/aromatic N) is 1. The van der Waals surface area contributed by atoms with Crippen LogP contribution >= 0.6 is 11.6 Å². The summed E-state index contributed by atoms with van der Waals surface area (Å²) < 4.78 is 0. The van der Waals surface area contributed by atoms with Crippen molar-refractivity contribution in [2.75, 3.05) is 5.32 Å². The second kappa shape index (κ2) is 5.70. The normalized spacial score (nSPS) is 12.2. The number of anilines is 1. The van der Waals surface area contributed by atoms with Crippen molar-refractivity contribution in [1.82, 2.24) is 4.98 Å². The van der Waals surface area contributed by atoms with Crippen LogP contribution in [0, 0.1) is 0 Å². The smallest absolute Gasteiger partial charge is 0.337 e. The molecule has 0 aliphatic heterocycles. The molecule has 1 aromatic rings. The zero-order valence-electron chi connectivity index (χ0n) is 9.33. The first-order chi connectivity index (χ1) is 7.54. The molecule has 1 heterocycles. The topological polar surface area (TPSA) is 62.2 Å². The first-order valence-electron chi connectivity index (χ1n) is 5.20. The number of halogens is 1. The van der Waals surface area contributed by atoms with Crippen molar-refractivity contribution in [2.45, 2.75) is 32.7 Å². The van der Waals surface area contributed by atoms with Crippen molar-refractivity contribution < 1.29 is 9.90 Å². The number of rotatable bonds is 5. The molecule has 0 saturated carbocycles. The number of aromatic nitrogens is 1. The van der Waals surface area contributed by atoms with E-state index in [2.05, 4.69) is 17.2 Å². The van der Waals surface area contributed by atoms with E-state index in [0.717, 1.165) is 12.8 Å². The van der Waals surface area contributed by atoms with Crippen LogP contribution in [0.25, 0.3) is 0 Å². The Hall–Kier alpha value is -1.29. The summed E-state index contributed by atoms with van der Waals surface area (Å²) in [6, 6.07) is 1.72. The number of hydrogen-bond donors (Lipinski definition) is 2. The van der Waals surface area contributed by atoms with Gasteiger partial charge in [-0.1, -0.05) is 24.9 Å². The molecule has 1 unspecified atom stereocenters. The maximum absolute atomic E-state index is 10.8. The maximum Gasteiger partial charge on any atom is 0.337 e. The molecule has 0 bridgehead atoms. The maximum atomic E-state index is 10.8. The molecular weight excluding hydrogens is 228 g/mol. The molecule has 0 aromatic carbocycles. The monoisotopic (exact) mass is 242 g/mol. The third-order valence-corrected chi connectivity index (χ3v) is 2.50. The van der Waals surface area contributed by atoms with E-state index in [9.17, 15) is 4.79 Å². The Kier molecular flexibility index (Phi) is 4.55. The van der Waals surface area contributed by atoms with E-state index in [0.29, 0.717) is 5.82 Å². The van der Waals surface area contributed by atoms with Gasteiger partial charge in [0.1, 0.15) is 5.82 Å². The van der Waals surface area contributed by atoms with Crippen LogP contribution in [-0.2, 0) is 0 Å². The molecule has 4 nitrogen and oxygen atoms in total. The number of carbonyl (C=O) groups is 1. The van der Waals surface area contributed by atoms with E-state index in [1.807, 2.05) is 6.92 Å². The number of aromatic carboxylic acids is 1. The molecule has 0 aliphatic carbocycles. The Balaban J connectivity index is 2.82. The van der Waals surface area contributed by atoms with Gasteiger partial charge in [-0.3, -0.25) is 0 Å². The summed E-state index contributed by atoms with van der Waals surface area (Å²) in [6.07, 6.45) is 3.42. The first kappa shape index (κ1) is 12.8. The zero-order valence-corrected chi connectivity index (χ0v) is 10.1. The highest BCUT2D eigenvalue weighted by molar-refractivity contribution is 6.33. The van der Waals surface area contributed by atoms with Crippen LogP contribution in [0.3, 0.4) is 0 Å². The lowest BCUT2D eigenvalue weighted by molar-refractivity contribution is 0.0697. The molecule has 0 aliphatic rings. The fourth-order valence-electron chi connectivity index (χ4n) is 1.44. The fourth-order valence-corrected chi connectivity index (χ4v) is 1.62. The average Bonchev–Trinajstić information content (AvgIpc) is 2.21. The molecule has 1 aromatic heterocycles.